The summed E-state index contributed by atoms with van der Waals surface area (Å²) in [4.78, 5) is 36.1. The predicted octanol–water partition coefficient (Wildman–Crippen LogP) is 1.76. The summed E-state index contributed by atoms with van der Waals surface area (Å²) in [6.07, 6.45) is 3.96. The van der Waals surface area contributed by atoms with E-state index in [0.717, 1.165) is 5.56 Å². The van der Waals surface area contributed by atoms with Gasteiger partial charge in [0.2, 0.25) is 5.91 Å². The maximum atomic E-state index is 12.3. The van der Waals surface area contributed by atoms with E-state index in [-0.39, 0.29) is 19.6 Å². The van der Waals surface area contributed by atoms with Crippen LogP contribution in [0.15, 0.2) is 30.3 Å². The minimum Gasteiger partial charge on any atom is -0.459 e. The van der Waals surface area contributed by atoms with Gasteiger partial charge >= 0.3 is 12.1 Å². The first-order valence-electron chi connectivity index (χ1n) is 8.11. The molecule has 0 saturated heterocycles. The number of hydrogen-bond donors (Lipinski definition) is 2. The summed E-state index contributed by atoms with van der Waals surface area (Å²) in [5.74, 6) is 1.03. The molecule has 0 heterocycles. The van der Waals surface area contributed by atoms with Crippen molar-refractivity contribution in [1.29, 1.82) is 0 Å². The van der Waals surface area contributed by atoms with Crippen LogP contribution < -0.4 is 10.6 Å². The average Bonchev–Trinajstić information content (AvgIpc) is 2.56. The van der Waals surface area contributed by atoms with E-state index < -0.39 is 29.6 Å². The molecule has 0 bridgehead atoms. The van der Waals surface area contributed by atoms with Gasteiger partial charge in [-0.15, -0.1) is 6.42 Å². The molecule has 0 aliphatic heterocycles. The van der Waals surface area contributed by atoms with Crippen LogP contribution in [-0.4, -0.2) is 36.2 Å². The van der Waals surface area contributed by atoms with Crippen molar-refractivity contribution in [3.8, 4) is 12.3 Å². The number of carbonyl (C=O) groups is 3. The van der Waals surface area contributed by atoms with Crippen molar-refractivity contribution in [2.75, 3.05) is 6.54 Å². The summed E-state index contributed by atoms with van der Waals surface area (Å²) in [6.45, 7) is 5.12. The minimum absolute atomic E-state index is 0.0249. The van der Waals surface area contributed by atoms with Crippen molar-refractivity contribution < 1.29 is 23.9 Å². The van der Waals surface area contributed by atoms with E-state index in [1.807, 2.05) is 18.2 Å². The molecule has 2 amide bonds. The standard InChI is InChI=1S/C19H24N2O5/c1-5-11-20-16(22)12-15(21-18(24)26-19(2,3)4)17(23)25-13-14-9-7-6-8-10-14/h1,6-10,15H,11-13H2,2-4H3,(H,20,22)(H,21,24)/t15-/m0/s1. The van der Waals surface area contributed by atoms with Gasteiger partial charge in [0.05, 0.1) is 13.0 Å². The summed E-state index contributed by atoms with van der Waals surface area (Å²) in [7, 11) is 0. The Bertz CT molecular complexity index is 659. The molecule has 1 aromatic carbocycles. The Labute approximate surface area is 153 Å². The fraction of sp³-hybridized carbons (Fsp3) is 0.421. The molecule has 0 unspecified atom stereocenters. The molecule has 7 heteroatoms. The van der Waals surface area contributed by atoms with Crippen molar-refractivity contribution in [2.45, 2.75) is 45.4 Å². The zero-order valence-electron chi connectivity index (χ0n) is 15.2. The summed E-state index contributed by atoms with van der Waals surface area (Å²) in [5.41, 5.74) is 0.0440. The summed E-state index contributed by atoms with van der Waals surface area (Å²) < 4.78 is 10.3. The Hall–Kier alpha value is -3.01. The number of rotatable bonds is 7. The van der Waals surface area contributed by atoms with Gasteiger partial charge in [0.1, 0.15) is 18.2 Å². The highest BCUT2D eigenvalue weighted by atomic mass is 16.6. The van der Waals surface area contributed by atoms with E-state index in [0.29, 0.717) is 0 Å². The van der Waals surface area contributed by atoms with Crippen LogP contribution in [-0.2, 0) is 25.7 Å². The number of alkyl carbamates (subject to hydrolysis) is 1. The molecule has 0 spiro atoms. The largest absolute Gasteiger partial charge is 0.459 e. The lowest BCUT2D eigenvalue weighted by Crippen LogP contribution is -2.46. The van der Waals surface area contributed by atoms with Gasteiger partial charge in [-0.05, 0) is 26.3 Å². The number of carbonyl (C=O) groups excluding carboxylic acids is 3. The lowest BCUT2D eigenvalue weighted by molar-refractivity contribution is -0.149. The van der Waals surface area contributed by atoms with Crippen LogP contribution in [0.25, 0.3) is 0 Å². The Morgan fingerprint density at radius 3 is 2.42 bits per heavy atom. The third-order valence-corrected chi connectivity index (χ3v) is 2.98. The second kappa shape index (κ2) is 10.1. The first-order chi connectivity index (χ1) is 12.2. The maximum absolute atomic E-state index is 12.3. The quantitative estimate of drug-likeness (QED) is 0.571. The predicted molar refractivity (Wildman–Crippen MR) is 95.9 cm³/mol. The molecule has 0 aromatic heterocycles. The molecule has 1 rings (SSSR count). The Morgan fingerprint density at radius 1 is 1.19 bits per heavy atom. The summed E-state index contributed by atoms with van der Waals surface area (Å²) in [6, 6.07) is 7.87. The van der Waals surface area contributed by atoms with E-state index in [1.54, 1.807) is 32.9 Å². The molecule has 7 nitrogen and oxygen atoms in total. The van der Waals surface area contributed by atoms with Crippen LogP contribution in [0, 0.1) is 12.3 Å². The number of terminal acetylenes is 1. The van der Waals surface area contributed by atoms with Gasteiger partial charge in [-0.1, -0.05) is 36.3 Å². The van der Waals surface area contributed by atoms with Crippen LogP contribution in [0.3, 0.4) is 0 Å². The number of amides is 2. The van der Waals surface area contributed by atoms with E-state index in [9.17, 15) is 14.4 Å². The van der Waals surface area contributed by atoms with Gasteiger partial charge in [0.25, 0.3) is 0 Å². The third kappa shape index (κ3) is 8.73. The van der Waals surface area contributed by atoms with Crippen molar-refractivity contribution >= 4 is 18.0 Å². The van der Waals surface area contributed by atoms with Crippen LogP contribution in [0.4, 0.5) is 4.79 Å². The lowest BCUT2D eigenvalue weighted by atomic mass is 10.2. The number of benzene rings is 1. The SMILES string of the molecule is C#CCNC(=O)C[C@H](NC(=O)OC(C)(C)C)C(=O)OCc1ccccc1. The first kappa shape index (κ1) is 21.0. The fourth-order valence-electron chi connectivity index (χ4n) is 1.88. The molecular formula is C19H24N2O5. The van der Waals surface area contributed by atoms with E-state index >= 15 is 0 Å². The van der Waals surface area contributed by atoms with Crippen LogP contribution in [0.1, 0.15) is 32.8 Å². The highest BCUT2D eigenvalue weighted by molar-refractivity contribution is 5.88. The molecule has 0 radical (unpaired) electrons. The molecule has 1 atom stereocenters. The maximum Gasteiger partial charge on any atom is 0.408 e. The number of esters is 1. The molecule has 0 aliphatic rings. The van der Waals surface area contributed by atoms with Gasteiger partial charge in [-0.2, -0.15) is 0 Å². The Balaban J connectivity index is 2.71. The molecular weight excluding hydrogens is 336 g/mol. The van der Waals surface area contributed by atoms with Crippen LogP contribution in [0.2, 0.25) is 0 Å². The summed E-state index contributed by atoms with van der Waals surface area (Å²) in [5, 5.41) is 4.81. The van der Waals surface area contributed by atoms with Gasteiger partial charge in [0.15, 0.2) is 0 Å². The number of ether oxygens (including phenoxy) is 2. The van der Waals surface area contributed by atoms with Crippen LogP contribution >= 0.6 is 0 Å². The van der Waals surface area contributed by atoms with Crippen molar-refractivity contribution in [2.24, 2.45) is 0 Å². The van der Waals surface area contributed by atoms with E-state index in [1.165, 1.54) is 0 Å². The zero-order valence-corrected chi connectivity index (χ0v) is 15.2. The molecule has 2 N–H and O–H groups in total. The molecule has 0 saturated carbocycles. The molecule has 26 heavy (non-hydrogen) atoms. The van der Waals surface area contributed by atoms with Gasteiger partial charge < -0.3 is 20.1 Å². The first-order valence-corrected chi connectivity index (χ1v) is 8.11. The lowest BCUT2D eigenvalue weighted by Gasteiger charge is -2.22. The van der Waals surface area contributed by atoms with Crippen LogP contribution in [0.5, 0.6) is 0 Å². The fourth-order valence-corrected chi connectivity index (χ4v) is 1.88. The zero-order chi connectivity index (χ0) is 19.6. The monoisotopic (exact) mass is 360 g/mol. The highest BCUT2D eigenvalue weighted by Gasteiger charge is 2.27. The normalized spacial score (nSPS) is 11.6. The second-order valence-corrected chi connectivity index (χ2v) is 6.48. The van der Waals surface area contributed by atoms with Crippen molar-refractivity contribution in [3.05, 3.63) is 35.9 Å². The smallest absolute Gasteiger partial charge is 0.408 e. The minimum atomic E-state index is -1.19. The number of nitrogens with one attached hydrogen (secondary N) is 2. The van der Waals surface area contributed by atoms with Crippen molar-refractivity contribution in [1.82, 2.24) is 10.6 Å². The van der Waals surface area contributed by atoms with Gasteiger partial charge in [-0.25, -0.2) is 9.59 Å². The summed E-state index contributed by atoms with van der Waals surface area (Å²) >= 11 is 0. The number of hydrogen-bond acceptors (Lipinski definition) is 5. The van der Waals surface area contributed by atoms with E-state index in [2.05, 4.69) is 16.6 Å². The van der Waals surface area contributed by atoms with Crippen molar-refractivity contribution in [3.63, 3.8) is 0 Å². The molecule has 0 aliphatic carbocycles. The Morgan fingerprint density at radius 2 is 1.85 bits per heavy atom. The third-order valence-electron chi connectivity index (χ3n) is 2.98. The highest BCUT2D eigenvalue weighted by Crippen LogP contribution is 2.08. The Kier molecular flexibility index (Phi) is 8.16. The topological polar surface area (TPSA) is 93.7 Å². The second-order valence-electron chi connectivity index (χ2n) is 6.48. The molecule has 140 valence electrons. The average molecular weight is 360 g/mol. The molecule has 1 aromatic rings. The molecule has 0 fully saturated rings. The van der Waals surface area contributed by atoms with Gasteiger partial charge in [0, 0.05) is 0 Å². The van der Waals surface area contributed by atoms with Gasteiger partial charge in [-0.3, -0.25) is 4.79 Å². The van der Waals surface area contributed by atoms with E-state index in [4.69, 9.17) is 15.9 Å².